The van der Waals surface area contributed by atoms with Crippen LogP contribution in [0, 0.1) is 6.92 Å². The molecule has 1 fully saturated rings. The summed E-state index contributed by atoms with van der Waals surface area (Å²) >= 11 is 6.09. The minimum absolute atomic E-state index is 0.692. The van der Waals surface area contributed by atoms with Gasteiger partial charge in [0.1, 0.15) is 12.1 Å². The van der Waals surface area contributed by atoms with Crippen molar-refractivity contribution >= 4 is 34.1 Å². The molecule has 1 aliphatic rings. The van der Waals surface area contributed by atoms with Gasteiger partial charge in [0.25, 0.3) is 0 Å². The third kappa shape index (κ3) is 3.35. The Morgan fingerprint density at radius 3 is 2.60 bits per heavy atom. The summed E-state index contributed by atoms with van der Waals surface area (Å²) in [6, 6.07) is 9.82. The molecular weight excluding hydrogens is 336 g/mol. The Morgan fingerprint density at radius 2 is 1.76 bits per heavy atom. The van der Waals surface area contributed by atoms with E-state index in [0.29, 0.717) is 5.02 Å². The van der Waals surface area contributed by atoms with Crippen molar-refractivity contribution in [1.29, 1.82) is 0 Å². The topological polar surface area (TPSA) is 58.0 Å². The van der Waals surface area contributed by atoms with E-state index in [1.54, 1.807) is 6.33 Å². The fourth-order valence-electron chi connectivity index (χ4n) is 3.19. The zero-order chi connectivity index (χ0) is 17.2. The lowest BCUT2D eigenvalue weighted by molar-refractivity contribution is 0.782. The molecule has 2 aromatic heterocycles. The molecule has 0 N–H and O–H groups in total. The first-order valence-corrected chi connectivity index (χ1v) is 8.79. The second kappa shape index (κ2) is 6.80. The largest absolute Gasteiger partial charge is 0.354 e. The Morgan fingerprint density at radius 1 is 0.920 bits per heavy atom. The first kappa shape index (κ1) is 16.0. The van der Waals surface area contributed by atoms with Crippen LogP contribution in [-0.2, 0) is 0 Å². The maximum Gasteiger partial charge on any atom is 0.151 e. The van der Waals surface area contributed by atoms with E-state index in [1.807, 2.05) is 37.3 Å². The van der Waals surface area contributed by atoms with E-state index in [4.69, 9.17) is 11.6 Å². The average molecular weight is 355 g/mol. The Bertz CT molecular complexity index is 882. The molecule has 7 heteroatoms. The van der Waals surface area contributed by atoms with Gasteiger partial charge < -0.3 is 9.80 Å². The highest BCUT2D eigenvalue weighted by Gasteiger charge is 2.19. The summed E-state index contributed by atoms with van der Waals surface area (Å²) in [4.78, 5) is 13.5. The molecule has 0 saturated carbocycles. The van der Waals surface area contributed by atoms with Gasteiger partial charge in [0.2, 0.25) is 0 Å². The quantitative estimate of drug-likeness (QED) is 0.704. The number of hydrogen-bond donors (Lipinski definition) is 0. The van der Waals surface area contributed by atoms with Gasteiger partial charge in [-0.25, -0.2) is 9.97 Å². The van der Waals surface area contributed by atoms with Crippen LogP contribution in [0.2, 0.25) is 5.02 Å². The fourth-order valence-corrected chi connectivity index (χ4v) is 3.35. The molecule has 128 valence electrons. The average Bonchev–Trinajstić information content (AvgIpc) is 2.88. The standard InChI is InChI=1S/C18H19ClN6/c1-13-3-6-17(23-22-13)24-7-2-8-25(10-9-24)18-15-5-4-14(19)11-16(15)20-12-21-18/h3-6,11-12H,2,7-10H2,1H3. The molecule has 0 bridgehead atoms. The van der Waals surface area contributed by atoms with Crippen LogP contribution >= 0.6 is 11.6 Å². The summed E-state index contributed by atoms with van der Waals surface area (Å²) in [5.74, 6) is 1.91. The van der Waals surface area contributed by atoms with Crippen molar-refractivity contribution < 1.29 is 0 Å². The van der Waals surface area contributed by atoms with Gasteiger partial charge in [-0.15, -0.1) is 5.10 Å². The molecule has 3 aromatic rings. The molecule has 1 saturated heterocycles. The van der Waals surface area contributed by atoms with Crippen LogP contribution in [0.1, 0.15) is 12.1 Å². The Kier molecular flexibility index (Phi) is 4.36. The first-order valence-electron chi connectivity index (χ1n) is 8.41. The van der Waals surface area contributed by atoms with E-state index in [0.717, 1.165) is 60.8 Å². The molecule has 0 radical (unpaired) electrons. The third-order valence-corrected chi connectivity index (χ3v) is 4.72. The number of anilines is 2. The molecule has 0 unspecified atom stereocenters. The zero-order valence-corrected chi connectivity index (χ0v) is 14.8. The predicted octanol–water partition coefficient (Wildman–Crippen LogP) is 3.10. The number of halogens is 1. The summed E-state index contributed by atoms with van der Waals surface area (Å²) in [6.07, 6.45) is 2.65. The number of rotatable bonds is 2. The lowest BCUT2D eigenvalue weighted by atomic mass is 10.2. The number of nitrogens with zero attached hydrogens (tertiary/aromatic N) is 6. The van der Waals surface area contributed by atoms with Crippen molar-refractivity contribution in [3.05, 3.63) is 47.4 Å². The second-order valence-electron chi connectivity index (χ2n) is 6.22. The number of aryl methyl sites for hydroxylation is 1. The Hall–Kier alpha value is -2.47. The maximum atomic E-state index is 6.09. The van der Waals surface area contributed by atoms with Crippen LogP contribution in [0.15, 0.2) is 36.7 Å². The van der Waals surface area contributed by atoms with Gasteiger partial charge in [0.15, 0.2) is 5.82 Å². The first-order chi connectivity index (χ1) is 12.2. The summed E-state index contributed by atoms with van der Waals surface area (Å²) < 4.78 is 0. The highest BCUT2D eigenvalue weighted by atomic mass is 35.5. The second-order valence-corrected chi connectivity index (χ2v) is 6.66. The lowest BCUT2D eigenvalue weighted by Crippen LogP contribution is -2.31. The van der Waals surface area contributed by atoms with Gasteiger partial charge in [-0.05, 0) is 43.7 Å². The van der Waals surface area contributed by atoms with Crippen LogP contribution in [0.4, 0.5) is 11.6 Å². The predicted molar refractivity (Wildman–Crippen MR) is 100 cm³/mol. The summed E-state index contributed by atoms with van der Waals surface area (Å²) in [5, 5.41) is 10.2. The van der Waals surface area contributed by atoms with Crippen molar-refractivity contribution in [2.45, 2.75) is 13.3 Å². The van der Waals surface area contributed by atoms with E-state index in [-0.39, 0.29) is 0 Å². The molecule has 0 amide bonds. The number of hydrogen-bond acceptors (Lipinski definition) is 6. The van der Waals surface area contributed by atoms with Gasteiger partial charge in [0.05, 0.1) is 11.2 Å². The number of aromatic nitrogens is 4. The smallest absolute Gasteiger partial charge is 0.151 e. The van der Waals surface area contributed by atoms with E-state index < -0.39 is 0 Å². The SMILES string of the molecule is Cc1ccc(N2CCCN(c3ncnc4cc(Cl)ccc34)CC2)nn1. The van der Waals surface area contributed by atoms with Gasteiger partial charge in [0, 0.05) is 36.6 Å². The van der Waals surface area contributed by atoms with Crippen LogP contribution in [0.5, 0.6) is 0 Å². The summed E-state index contributed by atoms with van der Waals surface area (Å²) in [7, 11) is 0. The van der Waals surface area contributed by atoms with E-state index in [1.165, 1.54) is 0 Å². The molecule has 0 atom stereocenters. The molecule has 0 spiro atoms. The number of fused-ring (bicyclic) bond motifs is 1. The highest BCUT2D eigenvalue weighted by Crippen LogP contribution is 2.26. The van der Waals surface area contributed by atoms with Crippen LogP contribution in [0.3, 0.4) is 0 Å². The van der Waals surface area contributed by atoms with E-state index in [9.17, 15) is 0 Å². The zero-order valence-electron chi connectivity index (χ0n) is 14.1. The summed E-state index contributed by atoms with van der Waals surface area (Å²) in [6.45, 7) is 5.63. The molecular formula is C18H19ClN6. The molecule has 25 heavy (non-hydrogen) atoms. The maximum absolute atomic E-state index is 6.09. The minimum Gasteiger partial charge on any atom is -0.354 e. The summed E-state index contributed by atoms with van der Waals surface area (Å²) in [5.41, 5.74) is 1.81. The molecule has 3 heterocycles. The minimum atomic E-state index is 0.692. The van der Waals surface area contributed by atoms with Gasteiger partial charge in [-0.1, -0.05) is 11.6 Å². The van der Waals surface area contributed by atoms with Crippen molar-refractivity contribution in [3.63, 3.8) is 0 Å². The van der Waals surface area contributed by atoms with Gasteiger partial charge in [-0.2, -0.15) is 5.10 Å². The van der Waals surface area contributed by atoms with Gasteiger partial charge >= 0.3 is 0 Å². The van der Waals surface area contributed by atoms with Crippen molar-refractivity contribution in [2.75, 3.05) is 36.0 Å². The fraction of sp³-hybridized carbons (Fsp3) is 0.333. The van der Waals surface area contributed by atoms with Crippen LogP contribution in [0.25, 0.3) is 10.9 Å². The highest BCUT2D eigenvalue weighted by molar-refractivity contribution is 6.31. The molecule has 6 nitrogen and oxygen atoms in total. The van der Waals surface area contributed by atoms with Crippen molar-refractivity contribution in [1.82, 2.24) is 20.2 Å². The van der Waals surface area contributed by atoms with Crippen LogP contribution < -0.4 is 9.80 Å². The van der Waals surface area contributed by atoms with Crippen molar-refractivity contribution in [3.8, 4) is 0 Å². The van der Waals surface area contributed by atoms with E-state index in [2.05, 4.69) is 30.0 Å². The molecule has 0 aliphatic carbocycles. The van der Waals surface area contributed by atoms with Gasteiger partial charge in [-0.3, -0.25) is 0 Å². The Balaban J connectivity index is 1.58. The van der Waals surface area contributed by atoms with Crippen LogP contribution in [-0.4, -0.2) is 46.3 Å². The normalized spacial score (nSPS) is 15.4. The number of benzene rings is 1. The van der Waals surface area contributed by atoms with E-state index >= 15 is 0 Å². The van der Waals surface area contributed by atoms with Crippen molar-refractivity contribution in [2.24, 2.45) is 0 Å². The Labute approximate surface area is 151 Å². The lowest BCUT2D eigenvalue weighted by Gasteiger charge is -2.24. The molecule has 4 rings (SSSR count). The third-order valence-electron chi connectivity index (χ3n) is 4.48. The molecule has 1 aliphatic heterocycles. The molecule has 1 aromatic carbocycles. The monoisotopic (exact) mass is 354 g/mol.